The van der Waals surface area contributed by atoms with Crippen LogP contribution in [0.3, 0.4) is 0 Å². The summed E-state index contributed by atoms with van der Waals surface area (Å²) < 4.78 is 26.9. The highest BCUT2D eigenvalue weighted by atomic mass is 16.5. The molecule has 2 aliphatic heterocycles. The molecule has 4 N–H and O–H groups in total. The van der Waals surface area contributed by atoms with E-state index < -0.39 is 33.6 Å². The summed E-state index contributed by atoms with van der Waals surface area (Å²) in [6.07, 6.45) is 4.22. The van der Waals surface area contributed by atoms with Crippen LogP contribution >= 0.6 is 0 Å². The summed E-state index contributed by atoms with van der Waals surface area (Å²) in [6.45, 7) is 20.8. The van der Waals surface area contributed by atoms with Crippen LogP contribution in [0.15, 0.2) is 58.4 Å². The van der Waals surface area contributed by atoms with Gasteiger partial charge in [0.05, 0.1) is 52.0 Å². The zero-order chi connectivity index (χ0) is 46.3. The predicted octanol–water partition coefficient (Wildman–Crippen LogP) is 7.53. The molecule has 4 heterocycles. The third-order valence-electron chi connectivity index (χ3n) is 11.5. The number of pyridine rings is 2. The van der Waals surface area contributed by atoms with Gasteiger partial charge in [0.1, 0.15) is 11.1 Å². The highest BCUT2D eigenvalue weighted by Crippen LogP contribution is 2.47. The van der Waals surface area contributed by atoms with Crippen molar-refractivity contribution in [3.63, 3.8) is 0 Å². The van der Waals surface area contributed by atoms with Gasteiger partial charge in [-0.1, -0.05) is 69.2 Å². The maximum Gasteiger partial charge on any atom is 0.341 e. The Morgan fingerprint density at radius 3 is 1.19 bits per heavy atom. The number of hydrogen-bond donors (Lipinski definition) is 4. The molecule has 0 bridgehead atoms. The van der Waals surface area contributed by atoms with Gasteiger partial charge in [0.25, 0.3) is 0 Å². The minimum Gasteiger partial charge on any atom is -0.493 e. The monoisotopic (exact) mass is 858 g/mol. The lowest BCUT2D eigenvalue weighted by Gasteiger charge is -2.39. The minimum atomic E-state index is -1.23. The molecular formula is C48H62N2O12. The number of hydrogen-bond acceptors (Lipinski definition) is 10. The molecule has 2 aromatic carbocycles. The maximum atomic E-state index is 12.5. The van der Waals surface area contributed by atoms with Crippen LogP contribution in [0, 0.1) is 21.7 Å². The molecule has 0 unspecified atom stereocenters. The van der Waals surface area contributed by atoms with Gasteiger partial charge >= 0.3 is 11.9 Å². The van der Waals surface area contributed by atoms with Crippen LogP contribution in [0.25, 0.3) is 22.5 Å². The number of benzene rings is 2. The van der Waals surface area contributed by atoms with E-state index in [1.807, 2.05) is 61.1 Å². The van der Waals surface area contributed by atoms with Crippen molar-refractivity contribution >= 4 is 11.9 Å². The third-order valence-corrected chi connectivity index (χ3v) is 11.5. The Labute approximate surface area is 362 Å². The zero-order valence-corrected chi connectivity index (χ0v) is 38.0. The van der Waals surface area contributed by atoms with Crippen molar-refractivity contribution in [3.8, 4) is 45.5 Å². The second-order valence-corrected chi connectivity index (χ2v) is 20.0. The summed E-state index contributed by atoms with van der Waals surface area (Å²) in [5, 5.41) is 37.9. The molecule has 0 saturated carbocycles. The standard InChI is InChI=1S/2C24H31NO6/c2*1-23(2,3)21-8-14-7-20(31-13-24(4,5)12-26)19(30-6)9-15(14)17-10-18(27)16(22(28)29)11-25(17)21/h2*7,9-11,21,26H,8,12-13H2,1-6H3,(H,28,29)/t2*21-/m10/s1. The molecule has 2 aromatic heterocycles. The van der Waals surface area contributed by atoms with Gasteiger partial charge in [-0.3, -0.25) is 9.59 Å². The fourth-order valence-corrected chi connectivity index (χ4v) is 7.63. The van der Waals surface area contributed by atoms with Crippen molar-refractivity contribution < 1.29 is 49.0 Å². The molecule has 0 saturated heterocycles. The lowest BCUT2D eigenvalue weighted by molar-refractivity contribution is 0.0683. The molecule has 336 valence electrons. The Bertz CT molecular complexity index is 2290. The molecule has 14 heteroatoms. The van der Waals surface area contributed by atoms with Crippen molar-refractivity contribution in [2.24, 2.45) is 21.7 Å². The molecule has 0 fully saturated rings. The Morgan fingerprint density at radius 1 is 0.581 bits per heavy atom. The first-order valence-corrected chi connectivity index (χ1v) is 20.6. The van der Waals surface area contributed by atoms with Crippen molar-refractivity contribution in [2.45, 2.75) is 94.2 Å². The van der Waals surface area contributed by atoms with E-state index in [1.165, 1.54) is 24.5 Å². The Morgan fingerprint density at radius 2 is 0.919 bits per heavy atom. The van der Waals surface area contributed by atoms with Crippen molar-refractivity contribution in [3.05, 3.63) is 91.5 Å². The van der Waals surface area contributed by atoms with Crippen LogP contribution in [-0.4, -0.2) is 82.1 Å². The van der Waals surface area contributed by atoms with Gasteiger partial charge in [-0.2, -0.15) is 0 Å². The fourth-order valence-electron chi connectivity index (χ4n) is 7.63. The SMILES string of the molecule is COc1cc2c(cc1OCC(C)(C)CO)C[C@@H](C(C)(C)C)n1cc(C(=O)O)c(=O)cc1-2.COc1cc2c(cc1OCC(C)(C)CO)C[C@H](C(C)(C)C)n1cc(C(=O)O)c(=O)cc1-2. The van der Waals surface area contributed by atoms with Gasteiger partial charge in [0, 0.05) is 58.6 Å². The molecule has 2 aliphatic rings. The summed E-state index contributed by atoms with van der Waals surface area (Å²) >= 11 is 0. The van der Waals surface area contributed by atoms with E-state index in [4.69, 9.17) is 18.9 Å². The molecule has 62 heavy (non-hydrogen) atoms. The number of fused-ring (bicyclic) bond motifs is 6. The number of carboxylic acids is 2. The van der Waals surface area contributed by atoms with E-state index in [9.17, 15) is 39.6 Å². The number of rotatable bonds is 12. The van der Waals surface area contributed by atoms with E-state index in [0.717, 1.165) is 22.3 Å². The second kappa shape index (κ2) is 17.6. The quantitative estimate of drug-likeness (QED) is 0.110. The first-order chi connectivity index (χ1) is 28.7. The molecule has 14 nitrogen and oxygen atoms in total. The Kier molecular flexibility index (Phi) is 13.5. The van der Waals surface area contributed by atoms with E-state index in [1.54, 1.807) is 14.2 Å². The number of ether oxygens (including phenoxy) is 4. The van der Waals surface area contributed by atoms with E-state index >= 15 is 0 Å². The number of aliphatic hydroxyl groups is 2. The average molecular weight is 859 g/mol. The summed E-state index contributed by atoms with van der Waals surface area (Å²) in [5.74, 6) is -0.272. The highest BCUT2D eigenvalue weighted by Gasteiger charge is 2.36. The smallest absolute Gasteiger partial charge is 0.341 e. The number of carbonyl (C=O) groups is 2. The summed E-state index contributed by atoms with van der Waals surface area (Å²) in [5.41, 5.74) is 2.28. The molecular weight excluding hydrogens is 797 g/mol. The minimum absolute atomic E-state index is 0.00540. The van der Waals surface area contributed by atoms with Crippen LogP contribution in [0.5, 0.6) is 23.0 Å². The number of carboxylic acid groups (broad SMARTS) is 2. The first kappa shape index (κ1) is 47.4. The molecule has 4 aromatic rings. The van der Waals surface area contributed by atoms with Crippen LogP contribution in [-0.2, 0) is 12.8 Å². The molecule has 2 atom stereocenters. The van der Waals surface area contributed by atoms with Crippen molar-refractivity contribution in [1.82, 2.24) is 9.13 Å². The Balaban J connectivity index is 0.000000234. The average Bonchev–Trinajstić information content (AvgIpc) is 3.19. The second-order valence-electron chi connectivity index (χ2n) is 20.0. The van der Waals surface area contributed by atoms with Gasteiger partial charge in [-0.25, -0.2) is 9.59 Å². The van der Waals surface area contributed by atoms with Crippen LogP contribution in [0.4, 0.5) is 0 Å². The maximum absolute atomic E-state index is 12.5. The number of aliphatic hydroxyl groups excluding tert-OH is 2. The van der Waals surface area contributed by atoms with Gasteiger partial charge in [0.2, 0.25) is 0 Å². The summed E-state index contributed by atoms with van der Waals surface area (Å²) in [6, 6.07) is 10.2. The molecule has 0 amide bonds. The van der Waals surface area contributed by atoms with E-state index in [-0.39, 0.29) is 47.3 Å². The van der Waals surface area contributed by atoms with Crippen LogP contribution in [0.2, 0.25) is 0 Å². The molecule has 0 aliphatic carbocycles. The number of methoxy groups -OCH3 is 2. The number of nitrogens with zero attached hydrogens (tertiary/aromatic N) is 2. The van der Waals surface area contributed by atoms with Gasteiger partial charge in [-0.05, 0) is 59.1 Å². The highest BCUT2D eigenvalue weighted by molar-refractivity contribution is 5.88. The third kappa shape index (κ3) is 10.0. The fraction of sp³-hybridized carbons (Fsp3) is 0.500. The first-order valence-electron chi connectivity index (χ1n) is 20.6. The van der Waals surface area contributed by atoms with E-state index in [0.29, 0.717) is 60.4 Å². The number of aromatic carboxylic acids is 2. The van der Waals surface area contributed by atoms with Crippen LogP contribution in [0.1, 0.15) is 113 Å². The van der Waals surface area contributed by atoms with Gasteiger partial charge in [-0.15, -0.1) is 0 Å². The lowest BCUT2D eigenvalue weighted by atomic mass is 9.78. The van der Waals surface area contributed by atoms with Crippen molar-refractivity contribution in [1.29, 1.82) is 0 Å². The normalized spacial score (nSPS) is 15.8. The summed E-state index contributed by atoms with van der Waals surface area (Å²) in [7, 11) is 3.10. The molecule has 0 spiro atoms. The summed E-state index contributed by atoms with van der Waals surface area (Å²) in [4.78, 5) is 48.1. The van der Waals surface area contributed by atoms with Crippen molar-refractivity contribution in [2.75, 3.05) is 40.6 Å². The van der Waals surface area contributed by atoms with Gasteiger partial charge in [0.15, 0.2) is 33.9 Å². The number of aromatic nitrogens is 2. The topological polar surface area (TPSA) is 196 Å². The zero-order valence-electron chi connectivity index (χ0n) is 38.0. The Hall–Kier alpha value is -5.60. The molecule has 0 radical (unpaired) electrons. The predicted molar refractivity (Wildman–Crippen MR) is 236 cm³/mol. The largest absolute Gasteiger partial charge is 0.493 e. The lowest BCUT2D eigenvalue weighted by Crippen LogP contribution is -2.33. The van der Waals surface area contributed by atoms with E-state index in [2.05, 4.69) is 41.5 Å². The van der Waals surface area contributed by atoms with Crippen LogP contribution < -0.4 is 29.8 Å². The molecule has 6 rings (SSSR count). The van der Waals surface area contributed by atoms with Gasteiger partial charge < -0.3 is 48.5 Å².